The maximum absolute atomic E-state index is 12.3. The Hall–Kier alpha value is -3.29. The van der Waals surface area contributed by atoms with Gasteiger partial charge >= 0.3 is 0 Å². The van der Waals surface area contributed by atoms with Gasteiger partial charge in [0.05, 0.1) is 19.3 Å². The van der Waals surface area contributed by atoms with Crippen molar-refractivity contribution in [3.05, 3.63) is 84.1 Å². The molecule has 0 saturated carbocycles. The fourth-order valence-corrected chi connectivity index (χ4v) is 3.49. The van der Waals surface area contributed by atoms with Crippen molar-refractivity contribution in [2.45, 2.75) is 6.04 Å². The quantitative estimate of drug-likeness (QED) is 0.631. The molecule has 2 N–H and O–H groups in total. The summed E-state index contributed by atoms with van der Waals surface area (Å²) < 4.78 is 5.50. The monoisotopic (exact) mass is 403 g/mol. The molecule has 3 aromatic rings. The Balaban J connectivity index is 1.39. The molecule has 0 radical (unpaired) electrons. The molecule has 1 aromatic heterocycles. The Kier molecular flexibility index (Phi) is 6.64. The molecular weight excluding hydrogens is 378 g/mol. The molecule has 1 amide bonds. The molecule has 1 aliphatic rings. The van der Waals surface area contributed by atoms with Crippen molar-refractivity contribution < 1.29 is 9.53 Å². The number of para-hydroxylation sites is 1. The second-order valence-corrected chi connectivity index (χ2v) is 7.08. The highest BCUT2D eigenvalue weighted by Crippen LogP contribution is 2.22. The predicted octanol–water partition coefficient (Wildman–Crippen LogP) is 3.21. The van der Waals surface area contributed by atoms with Crippen LogP contribution in [0.3, 0.4) is 0 Å². The molecule has 7 nitrogen and oxygen atoms in total. The highest BCUT2D eigenvalue weighted by Gasteiger charge is 2.22. The van der Waals surface area contributed by atoms with E-state index in [2.05, 4.69) is 50.0 Å². The maximum atomic E-state index is 12.3. The third kappa shape index (κ3) is 5.20. The number of nitrogens with zero attached hydrogens (tertiary/aromatic N) is 3. The first-order chi connectivity index (χ1) is 14.8. The van der Waals surface area contributed by atoms with Crippen molar-refractivity contribution >= 4 is 17.4 Å². The summed E-state index contributed by atoms with van der Waals surface area (Å²) >= 11 is 0. The molecule has 1 atom stereocenters. The van der Waals surface area contributed by atoms with Gasteiger partial charge < -0.3 is 15.4 Å². The summed E-state index contributed by atoms with van der Waals surface area (Å²) in [5, 5.41) is 14.4. The molecule has 1 saturated heterocycles. The Labute approximate surface area is 176 Å². The van der Waals surface area contributed by atoms with Gasteiger partial charge in [-0.1, -0.05) is 48.5 Å². The van der Waals surface area contributed by atoms with E-state index in [-0.39, 0.29) is 17.6 Å². The lowest BCUT2D eigenvalue weighted by Crippen LogP contribution is -2.41. The number of carbonyl (C=O) groups is 1. The van der Waals surface area contributed by atoms with Gasteiger partial charge in [0.15, 0.2) is 5.69 Å². The van der Waals surface area contributed by atoms with Crippen LogP contribution in [0.5, 0.6) is 0 Å². The van der Waals surface area contributed by atoms with Gasteiger partial charge in [-0.25, -0.2) is 0 Å². The minimum absolute atomic E-state index is 0.206. The molecule has 1 fully saturated rings. The fourth-order valence-electron chi connectivity index (χ4n) is 3.49. The Morgan fingerprint density at radius 2 is 1.63 bits per heavy atom. The van der Waals surface area contributed by atoms with Crippen molar-refractivity contribution in [2.75, 3.05) is 43.5 Å². The van der Waals surface area contributed by atoms with Gasteiger partial charge in [-0.05, 0) is 29.8 Å². The zero-order chi connectivity index (χ0) is 20.6. The highest BCUT2D eigenvalue weighted by molar-refractivity contribution is 6.02. The smallest absolute Gasteiger partial charge is 0.276 e. The molecular formula is C23H25N5O2. The number of morpholine rings is 1. The number of ether oxygens (including phenoxy) is 1. The molecule has 4 rings (SSSR count). The van der Waals surface area contributed by atoms with Gasteiger partial charge in [0.1, 0.15) is 5.82 Å². The Bertz CT molecular complexity index is 929. The zero-order valence-electron chi connectivity index (χ0n) is 16.7. The van der Waals surface area contributed by atoms with Gasteiger partial charge in [0.2, 0.25) is 0 Å². The van der Waals surface area contributed by atoms with E-state index < -0.39 is 0 Å². The first kappa shape index (κ1) is 20.0. The number of amides is 1. The van der Waals surface area contributed by atoms with Gasteiger partial charge in [0.25, 0.3) is 5.91 Å². The first-order valence-corrected chi connectivity index (χ1v) is 10.1. The van der Waals surface area contributed by atoms with Crippen molar-refractivity contribution in [3.63, 3.8) is 0 Å². The van der Waals surface area contributed by atoms with Gasteiger partial charge in [-0.2, -0.15) is 0 Å². The molecule has 2 aromatic carbocycles. The molecule has 1 aliphatic heterocycles. The summed E-state index contributed by atoms with van der Waals surface area (Å²) in [5.41, 5.74) is 2.25. The third-order valence-corrected chi connectivity index (χ3v) is 5.08. The molecule has 0 aliphatic carbocycles. The molecule has 7 heteroatoms. The molecule has 154 valence electrons. The Morgan fingerprint density at radius 1 is 0.933 bits per heavy atom. The standard InChI is InChI=1S/C23H25N5O2/c29-23(25-19-9-5-2-6-10-19)20-11-12-22(27-26-20)24-17-21(18-7-3-1-4-8-18)28-13-15-30-16-14-28/h1-12,21H,13-17H2,(H,24,27)(H,25,29). The number of benzene rings is 2. The molecule has 0 spiro atoms. The first-order valence-electron chi connectivity index (χ1n) is 10.1. The van der Waals surface area contributed by atoms with Crippen LogP contribution >= 0.6 is 0 Å². The van der Waals surface area contributed by atoms with Crippen LogP contribution in [0.4, 0.5) is 11.5 Å². The number of carbonyl (C=O) groups excluding carboxylic acids is 1. The van der Waals surface area contributed by atoms with E-state index in [1.807, 2.05) is 36.4 Å². The zero-order valence-corrected chi connectivity index (χ0v) is 16.7. The number of nitrogens with one attached hydrogen (secondary N) is 2. The molecule has 2 heterocycles. The lowest BCUT2D eigenvalue weighted by molar-refractivity contribution is 0.0187. The van der Waals surface area contributed by atoms with Crippen LogP contribution in [0.1, 0.15) is 22.1 Å². The average Bonchev–Trinajstić information content (AvgIpc) is 2.82. The summed E-state index contributed by atoms with van der Waals surface area (Å²) in [6, 6.07) is 23.4. The highest BCUT2D eigenvalue weighted by atomic mass is 16.5. The van der Waals surface area contributed by atoms with E-state index in [1.54, 1.807) is 12.1 Å². The van der Waals surface area contributed by atoms with Crippen LogP contribution < -0.4 is 10.6 Å². The second kappa shape index (κ2) is 9.96. The summed E-state index contributed by atoms with van der Waals surface area (Å²) in [4.78, 5) is 14.7. The second-order valence-electron chi connectivity index (χ2n) is 7.08. The van der Waals surface area contributed by atoms with Crippen molar-refractivity contribution in [1.82, 2.24) is 15.1 Å². The van der Waals surface area contributed by atoms with Crippen LogP contribution in [0.2, 0.25) is 0 Å². The molecule has 1 unspecified atom stereocenters. The SMILES string of the molecule is O=C(Nc1ccccc1)c1ccc(NCC(c2ccccc2)N2CCOCC2)nn1. The molecule has 0 bridgehead atoms. The van der Waals surface area contributed by atoms with Gasteiger partial charge in [-0.3, -0.25) is 9.69 Å². The maximum Gasteiger partial charge on any atom is 0.276 e. The number of hydrogen-bond donors (Lipinski definition) is 2. The minimum atomic E-state index is -0.282. The summed E-state index contributed by atoms with van der Waals surface area (Å²) in [5.74, 6) is 0.358. The number of aromatic nitrogens is 2. The van der Waals surface area contributed by atoms with E-state index in [9.17, 15) is 4.79 Å². The third-order valence-electron chi connectivity index (χ3n) is 5.08. The van der Waals surface area contributed by atoms with Crippen LogP contribution in [0.25, 0.3) is 0 Å². The number of anilines is 2. The van der Waals surface area contributed by atoms with Crippen molar-refractivity contribution in [1.29, 1.82) is 0 Å². The van der Waals surface area contributed by atoms with Gasteiger partial charge in [0, 0.05) is 25.3 Å². The summed E-state index contributed by atoms with van der Waals surface area (Å²) in [6.07, 6.45) is 0. The lowest BCUT2D eigenvalue weighted by atomic mass is 10.0. The van der Waals surface area contributed by atoms with E-state index in [1.165, 1.54) is 5.56 Å². The predicted molar refractivity (Wildman–Crippen MR) is 116 cm³/mol. The largest absolute Gasteiger partial charge is 0.379 e. The van der Waals surface area contributed by atoms with E-state index in [4.69, 9.17) is 4.74 Å². The van der Waals surface area contributed by atoms with E-state index in [0.29, 0.717) is 12.4 Å². The normalized spacial score (nSPS) is 15.3. The van der Waals surface area contributed by atoms with Gasteiger partial charge in [-0.15, -0.1) is 10.2 Å². The van der Waals surface area contributed by atoms with Crippen molar-refractivity contribution in [2.24, 2.45) is 0 Å². The fraction of sp³-hybridized carbons (Fsp3) is 0.261. The van der Waals surface area contributed by atoms with Crippen LogP contribution in [-0.2, 0) is 4.74 Å². The van der Waals surface area contributed by atoms with Crippen LogP contribution in [0.15, 0.2) is 72.8 Å². The number of hydrogen-bond acceptors (Lipinski definition) is 6. The average molecular weight is 403 g/mol. The topological polar surface area (TPSA) is 79.4 Å². The Morgan fingerprint density at radius 3 is 2.30 bits per heavy atom. The van der Waals surface area contributed by atoms with E-state index in [0.717, 1.165) is 32.0 Å². The summed E-state index contributed by atoms with van der Waals surface area (Å²) in [7, 11) is 0. The van der Waals surface area contributed by atoms with E-state index >= 15 is 0 Å². The summed E-state index contributed by atoms with van der Waals surface area (Å²) in [6.45, 7) is 3.97. The van der Waals surface area contributed by atoms with Crippen LogP contribution in [-0.4, -0.2) is 53.9 Å². The number of rotatable bonds is 7. The lowest BCUT2D eigenvalue weighted by Gasteiger charge is -2.35. The minimum Gasteiger partial charge on any atom is -0.379 e. The van der Waals surface area contributed by atoms with Crippen molar-refractivity contribution in [3.8, 4) is 0 Å². The molecule has 30 heavy (non-hydrogen) atoms. The van der Waals surface area contributed by atoms with Crippen LogP contribution in [0, 0.1) is 0 Å².